The van der Waals surface area contributed by atoms with Gasteiger partial charge in [0.15, 0.2) is 11.4 Å². The second-order valence-corrected chi connectivity index (χ2v) is 3.82. The number of nitrogens with zero attached hydrogens (tertiary/aromatic N) is 3. The Balaban J connectivity index is 2.25. The van der Waals surface area contributed by atoms with Crippen LogP contribution in [0.25, 0.3) is 11.4 Å². The lowest BCUT2D eigenvalue weighted by molar-refractivity contribution is -0.140. The minimum atomic E-state index is -1.54. The maximum Gasteiger partial charge on any atom is 0.344 e. The molecule has 0 saturated heterocycles. The van der Waals surface area contributed by atoms with Crippen molar-refractivity contribution in [2.45, 2.75) is 0 Å². The molecule has 0 atom stereocenters. The molecule has 8 nitrogen and oxygen atoms in total. The first kappa shape index (κ1) is 14.1. The smallest absolute Gasteiger partial charge is 0.344 e. The molecule has 2 aromatic heterocycles. The summed E-state index contributed by atoms with van der Waals surface area (Å²) in [5, 5.41) is 20.0. The Kier molecular flexibility index (Phi) is 4.20. The van der Waals surface area contributed by atoms with Crippen LogP contribution in [0.4, 0.5) is 5.82 Å². The molecule has 0 radical (unpaired) electrons. The molecule has 0 amide bonds. The van der Waals surface area contributed by atoms with Gasteiger partial charge in [-0.05, 0) is 18.2 Å². The number of hydrogen-bond acceptors (Lipinski definition) is 6. The number of anilines is 1. The van der Waals surface area contributed by atoms with Gasteiger partial charge in [-0.2, -0.15) is 0 Å². The molecule has 0 bridgehead atoms. The number of carbonyl (C=O) groups is 2. The van der Waals surface area contributed by atoms with E-state index in [0.29, 0.717) is 11.4 Å². The SMILES string of the molecule is O=C(O)C(=CNc1ccnc(-c2cccnc2)n1)C(=O)O. The van der Waals surface area contributed by atoms with Crippen LogP contribution in [0.2, 0.25) is 0 Å². The molecule has 0 unspecified atom stereocenters. The molecule has 106 valence electrons. The zero-order valence-corrected chi connectivity index (χ0v) is 10.6. The predicted octanol–water partition coefficient (Wildman–Crippen LogP) is 1.00. The highest BCUT2D eigenvalue weighted by atomic mass is 16.4. The van der Waals surface area contributed by atoms with Crippen molar-refractivity contribution in [2.75, 3.05) is 5.32 Å². The molecule has 2 rings (SSSR count). The topological polar surface area (TPSA) is 125 Å². The summed E-state index contributed by atoms with van der Waals surface area (Å²) in [6.07, 6.45) is 5.52. The number of pyridine rings is 1. The molecule has 0 aliphatic rings. The van der Waals surface area contributed by atoms with E-state index in [-0.39, 0.29) is 5.82 Å². The fourth-order valence-corrected chi connectivity index (χ4v) is 1.43. The standard InChI is InChI=1S/C13H10N4O4/c18-12(19)9(13(20)21)7-16-10-3-5-15-11(17-10)8-2-1-4-14-6-8/h1-7H,(H,18,19)(H,20,21)(H,15,16,17). The van der Waals surface area contributed by atoms with Gasteiger partial charge in [-0.1, -0.05) is 0 Å². The number of hydrogen-bond donors (Lipinski definition) is 3. The summed E-state index contributed by atoms with van der Waals surface area (Å²) < 4.78 is 0. The van der Waals surface area contributed by atoms with Gasteiger partial charge in [0, 0.05) is 30.4 Å². The lowest BCUT2D eigenvalue weighted by Gasteiger charge is -2.03. The number of nitrogens with one attached hydrogen (secondary N) is 1. The highest BCUT2D eigenvalue weighted by molar-refractivity contribution is 6.12. The monoisotopic (exact) mass is 286 g/mol. The Morgan fingerprint density at radius 2 is 1.90 bits per heavy atom. The lowest BCUT2D eigenvalue weighted by Crippen LogP contribution is -2.13. The summed E-state index contributed by atoms with van der Waals surface area (Å²) in [6.45, 7) is 0. The first-order valence-electron chi connectivity index (χ1n) is 5.74. The average molecular weight is 286 g/mol. The van der Waals surface area contributed by atoms with Crippen molar-refractivity contribution in [3.63, 3.8) is 0 Å². The van der Waals surface area contributed by atoms with Gasteiger partial charge in [0.2, 0.25) is 0 Å². The summed E-state index contributed by atoms with van der Waals surface area (Å²) in [5.41, 5.74) is -0.113. The summed E-state index contributed by atoms with van der Waals surface area (Å²) in [4.78, 5) is 33.6. The molecule has 3 N–H and O–H groups in total. The molecule has 8 heteroatoms. The van der Waals surface area contributed by atoms with Crippen molar-refractivity contribution in [1.82, 2.24) is 15.0 Å². The molecule has 0 saturated carbocycles. The first-order valence-corrected chi connectivity index (χ1v) is 5.74. The molecular formula is C13H10N4O4. The van der Waals surface area contributed by atoms with E-state index in [1.165, 1.54) is 12.3 Å². The van der Waals surface area contributed by atoms with Gasteiger partial charge in [0.1, 0.15) is 5.82 Å². The summed E-state index contributed by atoms with van der Waals surface area (Å²) >= 11 is 0. The lowest BCUT2D eigenvalue weighted by atomic mass is 10.2. The van der Waals surface area contributed by atoms with Gasteiger partial charge in [-0.25, -0.2) is 19.6 Å². The number of aromatic nitrogens is 3. The van der Waals surface area contributed by atoms with Gasteiger partial charge >= 0.3 is 11.9 Å². The van der Waals surface area contributed by atoms with Gasteiger partial charge in [-0.3, -0.25) is 4.98 Å². The Morgan fingerprint density at radius 3 is 2.52 bits per heavy atom. The van der Waals surface area contributed by atoms with Gasteiger partial charge in [0.05, 0.1) is 0 Å². The number of carboxylic acids is 2. The molecule has 21 heavy (non-hydrogen) atoms. The van der Waals surface area contributed by atoms with Crippen molar-refractivity contribution in [3.05, 3.63) is 48.6 Å². The molecule has 0 aromatic carbocycles. The molecule has 0 fully saturated rings. The molecule has 2 aromatic rings. The van der Waals surface area contributed by atoms with E-state index in [0.717, 1.165) is 6.20 Å². The number of carboxylic acid groups (broad SMARTS) is 2. The largest absolute Gasteiger partial charge is 0.477 e. The second-order valence-electron chi connectivity index (χ2n) is 3.82. The fraction of sp³-hybridized carbons (Fsp3) is 0. The maximum atomic E-state index is 10.7. The van der Waals surface area contributed by atoms with Crippen LogP contribution in [0.5, 0.6) is 0 Å². The summed E-state index contributed by atoms with van der Waals surface area (Å²) in [7, 11) is 0. The van der Waals surface area contributed by atoms with E-state index < -0.39 is 17.5 Å². The van der Waals surface area contributed by atoms with Crippen LogP contribution in [0.15, 0.2) is 48.6 Å². The van der Waals surface area contributed by atoms with E-state index in [1.54, 1.807) is 24.5 Å². The van der Waals surface area contributed by atoms with Crippen molar-refractivity contribution in [3.8, 4) is 11.4 Å². The van der Waals surface area contributed by atoms with Crippen LogP contribution >= 0.6 is 0 Å². The predicted molar refractivity (Wildman–Crippen MR) is 72.2 cm³/mol. The van der Waals surface area contributed by atoms with E-state index in [2.05, 4.69) is 20.3 Å². The van der Waals surface area contributed by atoms with E-state index in [9.17, 15) is 9.59 Å². The molecule has 2 heterocycles. The Labute approximate surface area is 118 Å². The summed E-state index contributed by atoms with van der Waals surface area (Å²) in [6, 6.07) is 4.98. The van der Waals surface area contributed by atoms with E-state index in [1.807, 2.05) is 0 Å². The minimum absolute atomic E-state index is 0.267. The van der Waals surface area contributed by atoms with Crippen LogP contribution in [0, 0.1) is 0 Å². The van der Waals surface area contributed by atoms with Gasteiger partial charge in [0.25, 0.3) is 0 Å². The Morgan fingerprint density at radius 1 is 1.14 bits per heavy atom. The van der Waals surface area contributed by atoms with Crippen molar-refractivity contribution in [1.29, 1.82) is 0 Å². The van der Waals surface area contributed by atoms with Crippen LogP contribution < -0.4 is 5.32 Å². The third-order valence-electron chi connectivity index (χ3n) is 2.40. The zero-order valence-electron chi connectivity index (χ0n) is 10.6. The van der Waals surface area contributed by atoms with E-state index >= 15 is 0 Å². The van der Waals surface area contributed by atoms with E-state index in [4.69, 9.17) is 10.2 Å². The first-order chi connectivity index (χ1) is 10.1. The van der Waals surface area contributed by atoms with Crippen LogP contribution in [-0.4, -0.2) is 37.1 Å². The van der Waals surface area contributed by atoms with Crippen LogP contribution in [0.1, 0.15) is 0 Å². The molecule has 0 aliphatic carbocycles. The Hall–Kier alpha value is -3.29. The Bertz CT molecular complexity index is 684. The zero-order chi connectivity index (χ0) is 15.2. The highest BCUT2D eigenvalue weighted by Gasteiger charge is 2.15. The van der Waals surface area contributed by atoms with Crippen LogP contribution in [0.3, 0.4) is 0 Å². The van der Waals surface area contributed by atoms with Crippen molar-refractivity contribution >= 4 is 17.8 Å². The van der Waals surface area contributed by atoms with Gasteiger partial charge < -0.3 is 15.5 Å². The number of rotatable bonds is 5. The maximum absolute atomic E-state index is 10.7. The second kappa shape index (κ2) is 6.24. The molecule has 0 aliphatic heterocycles. The average Bonchev–Trinajstić information content (AvgIpc) is 2.48. The fourth-order valence-electron chi connectivity index (χ4n) is 1.43. The molecular weight excluding hydrogens is 276 g/mol. The number of aliphatic carboxylic acids is 2. The third-order valence-corrected chi connectivity index (χ3v) is 2.40. The molecule has 0 spiro atoms. The van der Waals surface area contributed by atoms with Crippen molar-refractivity contribution < 1.29 is 19.8 Å². The quantitative estimate of drug-likeness (QED) is 0.422. The van der Waals surface area contributed by atoms with Gasteiger partial charge in [-0.15, -0.1) is 0 Å². The summed E-state index contributed by atoms with van der Waals surface area (Å²) in [5.74, 6) is -2.44. The normalized spacial score (nSPS) is 9.71. The van der Waals surface area contributed by atoms with Crippen molar-refractivity contribution in [2.24, 2.45) is 0 Å². The highest BCUT2D eigenvalue weighted by Crippen LogP contribution is 2.14. The third kappa shape index (κ3) is 3.60. The minimum Gasteiger partial charge on any atom is -0.477 e. The van der Waals surface area contributed by atoms with Crippen LogP contribution in [-0.2, 0) is 9.59 Å².